The summed E-state index contributed by atoms with van der Waals surface area (Å²) in [7, 11) is 8.06. The van der Waals surface area contributed by atoms with E-state index in [9.17, 15) is 29.1 Å². The number of carbonyl (C=O) groups excluding carboxylic acids is 5. The Bertz CT molecular complexity index is 1590. The van der Waals surface area contributed by atoms with Crippen molar-refractivity contribution in [3.63, 3.8) is 0 Å². The maximum Gasteiger partial charge on any atom is 0.434 e. The largest absolute Gasteiger partial charge is 0.442 e. The molecule has 1 heterocycles. The molecule has 2 rings (SSSR count). The number of rotatable bonds is 24. The quantitative estimate of drug-likeness (QED) is 0.119. The van der Waals surface area contributed by atoms with Gasteiger partial charge >= 0.3 is 6.09 Å². The van der Waals surface area contributed by atoms with Gasteiger partial charge in [0.1, 0.15) is 11.6 Å². The van der Waals surface area contributed by atoms with Crippen molar-refractivity contribution >= 4 is 29.7 Å². The number of nitrogens with zero attached hydrogens (tertiary/aromatic N) is 4. The first kappa shape index (κ1) is 55.3. The Hall–Kier alpha value is -3.83. The first-order valence-corrected chi connectivity index (χ1v) is 22.7. The Balaban J connectivity index is 2.22. The van der Waals surface area contributed by atoms with Crippen LogP contribution in [0.5, 0.6) is 0 Å². The van der Waals surface area contributed by atoms with Crippen LogP contribution < -0.4 is 10.6 Å². The van der Waals surface area contributed by atoms with E-state index in [2.05, 4.69) is 10.6 Å². The average Bonchev–Trinajstić information content (AvgIpc) is 3.71. The minimum atomic E-state index is -0.897. The van der Waals surface area contributed by atoms with Gasteiger partial charge in [0.25, 0.3) is 0 Å². The molecule has 0 aromatic heterocycles. The van der Waals surface area contributed by atoms with Crippen LogP contribution >= 0.6 is 0 Å². The number of methoxy groups -OCH3 is 2. The van der Waals surface area contributed by atoms with Crippen LogP contribution in [-0.4, -0.2) is 158 Å². The third kappa shape index (κ3) is 16.0. The lowest BCUT2D eigenvalue weighted by molar-refractivity contribution is -0.148. The summed E-state index contributed by atoms with van der Waals surface area (Å²) in [5.41, 5.74) is 0.0195. The van der Waals surface area contributed by atoms with Gasteiger partial charge in [0.05, 0.1) is 61.4 Å². The molecule has 1 fully saturated rings. The number of aliphatic hydroxyl groups excluding tert-OH is 1. The van der Waals surface area contributed by atoms with Gasteiger partial charge in [0.2, 0.25) is 23.6 Å². The van der Waals surface area contributed by atoms with Crippen LogP contribution in [0.15, 0.2) is 30.3 Å². The van der Waals surface area contributed by atoms with Crippen molar-refractivity contribution in [3.05, 3.63) is 35.9 Å². The molecule has 3 N–H and O–H groups in total. The summed E-state index contributed by atoms with van der Waals surface area (Å²) in [6.45, 7) is 21.4. The first-order valence-electron chi connectivity index (χ1n) is 22.7. The van der Waals surface area contributed by atoms with Crippen LogP contribution in [0.25, 0.3) is 0 Å². The highest BCUT2D eigenvalue weighted by Crippen LogP contribution is 2.30. The second-order valence-corrected chi connectivity index (χ2v) is 19.0. The highest BCUT2D eigenvalue weighted by Gasteiger charge is 2.43. The molecule has 0 saturated carbocycles. The maximum atomic E-state index is 14.5. The van der Waals surface area contributed by atoms with Crippen molar-refractivity contribution in [2.45, 2.75) is 156 Å². The van der Waals surface area contributed by atoms with E-state index >= 15 is 0 Å². The van der Waals surface area contributed by atoms with E-state index in [1.165, 1.54) is 7.05 Å². The Morgan fingerprint density at radius 2 is 1.51 bits per heavy atom. The Morgan fingerprint density at radius 3 is 2.03 bits per heavy atom. The molecule has 0 radical (unpaired) electrons. The number of amides is 5. The third-order valence-electron chi connectivity index (χ3n) is 12.2. The number of hydrogen-bond donors (Lipinski definition) is 3. The van der Waals surface area contributed by atoms with Gasteiger partial charge in [-0.2, -0.15) is 5.06 Å². The number of carbonyl (C=O) groups is 5. The summed E-state index contributed by atoms with van der Waals surface area (Å²) in [5.74, 6) is -2.17. The molecule has 63 heavy (non-hydrogen) atoms. The topological polar surface area (TPSA) is 180 Å². The molecule has 1 aromatic carbocycles. The van der Waals surface area contributed by atoms with Gasteiger partial charge in [-0.15, -0.1) is 0 Å². The van der Waals surface area contributed by atoms with Crippen molar-refractivity contribution in [1.82, 2.24) is 30.4 Å². The minimum Gasteiger partial charge on any atom is -0.442 e. The predicted octanol–water partition coefficient (Wildman–Crippen LogP) is 5.04. The Labute approximate surface area is 378 Å². The van der Waals surface area contributed by atoms with E-state index < -0.39 is 60.1 Å². The first-order chi connectivity index (χ1) is 29.4. The van der Waals surface area contributed by atoms with Gasteiger partial charge in [0.15, 0.2) is 0 Å². The molecule has 10 atom stereocenters. The zero-order valence-electron chi connectivity index (χ0n) is 41.2. The summed E-state index contributed by atoms with van der Waals surface area (Å²) in [4.78, 5) is 79.7. The number of hydroxylamine groups is 2. The highest BCUT2D eigenvalue weighted by molar-refractivity contribution is 5.90. The SMILES string of the molecule is CC[C@H](C)[C@@H]([C@@H](CC(=O)N1CCC[C@H]1[C@H](OC)[C@@H](C)C(=O)N[C@H](C)[C@@H](O)c1ccccc1)OC)N(C)C(=O)[C@@H](NC(=O)[C@H](C(C)C)N(C)CCON(C)C(=O)OC(C)(C)C)C(C)C. The molecule has 0 aliphatic carbocycles. The lowest BCUT2D eigenvalue weighted by atomic mass is 9.89. The normalized spacial score (nSPS) is 18.8. The predicted molar refractivity (Wildman–Crippen MR) is 243 cm³/mol. The van der Waals surface area contributed by atoms with E-state index in [4.69, 9.17) is 19.0 Å². The van der Waals surface area contributed by atoms with Crippen molar-refractivity contribution in [2.75, 3.05) is 55.1 Å². The summed E-state index contributed by atoms with van der Waals surface area (Å²) in [6, 6.07) is 6.21. The maximum absolute atomic E-state index is 14.5. The molecule has 5 amide bonds. The highest BCUT2D eigenvalue weighted by atomic mass is 16.7. The van der Waals surface area contributed by atoms with Gasteiger partial charge < -0.3 is 39.8 Å². The van der Waals surface area contributed by atoms with Crippen LogP contribution in [0.1, 0.15) is 114 Å². The summed E-state index contributed by atoms with van der Waals surface area (Å²) in [6.07, 6.45) is -0.746. The van der Waals surface area contributed by atoms with Gasteiger partial charge in [-0.25, -0.2) is 4.79 Å². The van der Waals surface area contributed by atoms with Crippen molar-refractivity contribution < 1.29 is 48.1 Å². The number of aliphatic hydroxyl groups is 1. The number of hydrogen-bond acceptors (Lipinski definition) is 11. The van der Waals surface area contributed by atoms with E-state index in [1.807, 2.05) is 76.8 Å². The number of nitrogens with one attached hydrogen (secondary N) is 2. The van der Waals surface area contributed by atoms with E-state index in [0.717, 1.165) is 11.5 Å². The Morgan fingerprint density at radius 1 is 0.889 bits per heavy atom. The van der Waals surface area contributed by atoms with Crippen molar-refractivity contribution in [3.8, 4) is 0 Å². The average molecular weight is 891 g/mol. The molecule has 360 valence electrons. The second kappa shape index (κ2) is 25.6. The van der Waals surface area contributed by atoms with E-state index in [0.29, 0.717) is 31.5 Å². The lowest BCUT2D eigenvalue weighted by Gasteiger charge is -2.41. The zero-order chi connectivity index (χ0) is 47.9. The molecule has 0 bridgehead atoms. The summed E-state index contributed by atoms with van der Waals surface area (Å²) >= 11 is 0. The molecule has 0 spiro atoms. The third-order valence-corrected chi connectivity index (χ3v) is 12.2. The number of likely N-dealkylation sites (N-methyl/N-ethyl adjacent to an activating group) is 2. The standard InChI is InChI=1S/C47H82N6O10/c1-17-31(6)40(51(13)45(58)38(29(2)3)49-44(57)39(30(4)5)50(12)26-27-62-52(14)46(59)63-47(9,10)11)36(60-15)28-37(54)53-25-21-24-35(53)42(61-16)32(7)43(56)48-33(8)41(55)34-22-19-18-20-23-34/h18-20,22-23,29-33,35-36,38-42,55H,17,21,24-28H2,1-16H3,(H,48,56)(H,49,57)/t31-,32+,33+,35-,36+,38-,39-,40-,41+,42+/m0/s1. The van der Waals surface area contributed by atoms with Crippen LogP contribution in [0.4, 0.5) is 4.79 Å². The van der Waals surface area contributed by atoms with Crippen molar-refractivity contribution in [1.29, 1.82) is 0 Å². The molecule has 1 aliphatic heterocycles. The van der Waals surface area contributed by atoms with Gasteiger partial charge in [-0.05, 0) is 70.9 Å². The molecule has 1 aliphatic rings. The monoisotopic (exact) mass is 891 g/mol. The molecule has 16 heteroatoms. The smallest absolute Gasteiger partial charge is 0.434 e. The number of benzene rings is 1. The molecular formula is C47H82N6O10. The molecule has 1 saturated heterocycles. The summed E-state index contributed by atoms with van der Waals surface area (Å²) < 4.78 is 17.4. The van der Waals surface area contributed by atoms with Crippen LogP contribution in [-0.2, 0) is 38.2 Å². The fraction of sp³-hybridized carbons (Fsp3) is 0.766. The number of likely N-dealkylation sites (tertiary alicyclic amines) is 1. The fourth-order valence-corrected chi connectivity index (χ4v) is 8.50. The molecule has 16 nitrogen and oxygen atoms in total. The van der Waals surface area contributed by atoms with Gasteiger partial charge in [0, 0.05) is 41.4 Å². The number of ether oxygens (including phenoxy) is 3. The lowest BCUT2D eigenvalue weighted by Crippen LogP contribution is -2.60. The van der Waals surface area contributed by atoms with Gasteiger partial charge in [-0.3, -0.25) is 28.9 Å². The molecule has 1 aromatic rings. The zero-order valence-corrected chi connectivity index (χ0v) is 41.2. The van der Waals surface area contributed by atoms with Crippen LogP contribution in [0, 0.1) is 23.7 Å². The fourth-order valence-electron chi connectivity index (χ4n) is 8.50. The van der Waals surface area contributed by atoms with Crippen LogP contribution in [0.3, 0.4) is 0 Å². The van der Waals surface area contributed by atoms with Gasteiger partial charge in [-0.1, -0.05) is 85.2 Å². The Kier molecular flexibility index (Phi) is 22.5. The second-order valence-electron chi connectivity index (χ2n) is 19.0. The van der Waals surface area contributed by atoms with E-state index in [1.54, 1.807) is 72.7 Å². The van der Waals surface area contributed by atoms with Crippen LogP contribution in [0.2, 0.25) is 0 Å². The molecular weight excluding hydrogens is 809 g/mol. The molecule has 0 unspecified atom stereocenters. The minimum absolute atomic E-state index is 0.0128. The van der Waals surface area contributed by atoms with E-state index in [-0.39, 0.29) is 60.5 Å². The van der Waals surface area contributed by atoms with Crippen molar-refractivity contribution in [2.24, 2.45) is 23.7 Å². The summed E-state index contributed by atoms with van der Waals surface area (Å²) in [5, 5.41) is 17.9.